The van der Waals surface area contributed by atoms with Gasteiger partial charge in [0.15, 0.2) is 0 Å². The van der Waals surface area contributed by atoms with Crippen molar-refractivity contribution in [3.63, 3.8) is 0 Å². The highest BCUT2D eigenvalue weighted by atomic mass is 32.2. The van der Waals surface area contributed by atoms with Gasteiger partial charge >= 0.3 is 22.3 Å². The Morgan fingerprint density at radius 3 is 2.63 bits per heavy atom. The quantitative estimate of drug-likeness (QED) is 0.736. The molecule has 0 spiro atoms. The van der Waals surface area contributed by atoms with Crippen LogP contribution < -0.4 is 9.44 Å². The van der Waals surface area contributed by atoms with Crippen molar-refractivity contribution < 1.29 is 27.9 Å². The van der Waals surface area contributed by atoms with E-state index < -0.39 is 22.3 Å². The first-order valence-electron chi connectivity index (χ1n) is 5.14. The molecule has 9 heteroatoms. The van der Waals surface area contributed by atoms with Crippen molar-refractivity contribution >= 4 is 28.0 Å². The van der Waals surface area contributed by atoms with Gasteiger partial charge in [-0.1, -0.05) is 6.07 Å². The molecule has 0 radical (unpaired) electrons. The molecule has 1 rings (SSSR count). The summed E-state index contributed by atoms with van der Waals surface area (Å²) in [6.45, 7) is 1.55. The van der Waals surface area contributed by atoms with E-state index in [2.05, 4.69) is 4.74 Å². The Morgan fingerprint density at radius 1 is 1.37 bits per heavy atom. The Morgan fingerprint density at radius 2 is 2.05 bits per heavy atom. The molecule has 0 atom stereocenters. The number of carboxylic acid groups (broad SMARTS) is 1. The predicted octanol–water partition coefficient (Wildman–Crippen LogP) is 0.788. The Labute approximate surface area is 109 Å². The summed E-state index contributed by atoms with van der Waals surface area (Å²) in [4.78, 5) is 21.7. The molecule has 0 fully saturated rings. The fraction of sp³-hybridized carbons (Fsp3) is 0.200. The largest absolute Gasteiger partial charge is 0.478 e. The minimum Gasteiger partial charge on any atom is -0.478 e. The molecule has 0 aliphatic heterocycles. The number of benzene rings is 1. The van der Waals surface area contributed by atoms with E-state index in [9.17, 15) is 18.0 Å². The first kappa shape index (κ1) is 14.8. The summed E-state index contributed by atoms with van der Waals surface area (Å²) in [6, 6.07) is 5.13. The van der Waals surface area contributed by atoms with E-state index in [1.165, 1.54) is 25.1 Å². The maximum atomic E-state index is 11.5. The summed E-state index contributed by atoms with van der Waals surface area (Å²) >= 11 is 0. The highest BCUT2D eigenvalue weighted by Crippen LogP contribution is 2.11. The van der Waals surface area contributed by atoms with Gasteiger partial charge < -0.3 is 9.84 Å². The van der Waals surface area contributed by atoms with Crippen LogP contribution in [0.5, 0.6) is 0 Å². The second-order valence-electron chi connectivity index (χ2n) is 3.31. The zero-order valence-electron chi connectivity index (χ0n) is 9.91. The van der Waals surface area contributed by atoms with Crippen LogP contribution in [-0.2, 0) is 14.9 Å². The number of anilines is 1. The Bertz CT molecular complexity index is 583. The summed E-state index contributed by atoms with van der Waals surface area (Å²) < 4.78 is 31.0. The number of nitrogens with one attached hydrogen (secondary N) is 2. The molecule has 104 valence electrons. The van der Waals surface area contributed by atoms with Gasteiger partial charge in [-0.05, 0) is 25.1 Å². The van der Waals surface area contributed by atoms with E-state index in [1.54, 1.807) is 4.72 Å². The van der Waals surface area contributed by atoms with Gasteiger partial charge in [0.25, 0.3) is 0 Å². The van der Waals surface area contributed by atoms with Crippen LogP contribution in [0.3, 0.4) is 0 Å². The second kappa shape index (κ2) is 6.05. The van der Waals surface area contributed by atoms with Gasteiger partial charge in [0.05, 0.1) is 17.9 Å². The van der Waals surface area contributed by atoms with Crippen molar-refractivity contribution in [1.82, 2.24) is 4.72 Å². The highest BCUT2D eigenvalue weighted by Gasteiger charge is 2.15. The fourth-order valence-electron chi connectivity index (χ4n) is 1.17. The topological polar surface area (TPSA) is 122 Å². The normalized spacial score (nSPS) is 10.6. The molecule has 0 saturated carbocycles. The van der Waals surface area contributed by atoms with Crippen LogP contribution in [0.15, 0.2) is 24.3 Å². The highest BCUT2D eigenvalue weighted by molar-refractivity contribution is 7.91. The molecule has 1 aromatic carbocycles. The lowest BCUT2D eigenvalue weighted by Crippen LogP contribution is -2.35. The minimum absolute atomic E-state index is 0.0108. The molecule has 1 aromatic rings. The number of amides is 1. The average molecular weight is 288 g/mol. The van der Waals surface area contributed by atoms with Gasteiger partial charge in [0.2, 0.25) is 0 Å². The molecule has 1 amide bonds. The molecular weight excluding hydrogens is 276 g/mol. The van der Waals surface area contributed by atoms with Gasteiger partial charge in [-0.15, -0.1) is 0 Å². The summed E-state index contributed by atoms with van der Waals surface area (Å²) in [6.07, 6.45) is -1.12. The lowest BCUT2D eigenvalue weighted by atomic mass is 10.2. The van der Waals surface area contributed by atoms with Crippen LogP contribution in [0.4, 0.5) is 10.5 Å². The van der Waals surface area contributed by atoms with Crippen LogP contribution in [0.25, 0.3) is 0 Å². The minimum atomic E-state index is -4.17. The second-order valence-corrected chi connectivity index (χ2v) is 4.73. The average Bonchev–Trinajstić information content (AvgIpc) is 2.27. The number of rotatable bonds is 5. The van der Waals surface area contributed by atoms with Crippen LogP contribution in [0.2, 0.25) is 0 Å². The monoisotopic (exact) mass is 288 g/mol. The zero-order valence-corrected chi connectivity index (χ0v) is 10.7. The Kier molecular flexibility index (Phi) is 4.70. The number of hydrogen-bond donors (Lipinski definition) is 3. The van der Waals surface area contributed by atoms with Crippen molar-refractivity contribution in [3.05, 3.63) is 29.8 Å². The molecule has 0 heterocycles. The third kappa shape index (κ3) is 4.84. The Balaban J connectivity index is 2.81. The van der Waals surface area contributed by atoms with Gasteiger partial charge in [-0.25, -0.2) is 14.3 Å². The van der Waals surface area contributed by atoms with E-state index in [4.69, 9.17) is 5.11 Å². The van der Waals surface area contributed by atoms with E-state index in [0.29, 0.717) is 0 Å². The maximum Gasteiger partial charge on any atom is 0.422 e. The summed E-state index contributed by atoms with van der Waals surface area (Å²) in [5, 5.41) is 8.76. The number of carbonyl (C=O) groups is 2. The van der Waals surface area contributed by atoms with Gasteiger partial charge in [-0.2, -0.15) is 8.42 Å². The van der Waals surface area contributed by atoms with E-state index in [0.717, 1.165) is 6.07 Å². The molecule has 0 aliphatic carbocycles. The standard InChI is InChI=1S/C10H12N2O6S/c1-2-18-10(15)12-19(16,17)11-8-5-3-4-7(6-8)9(13)14/h3-6,11H,2H2,1H3,(H,12,15)(H,13,14). The summed E-state index contributed by atoms with van der Waals surface area (Å²) in [7, 11) is -4.17. The van der Waals surface area contributed by atoms with Crippen molar-refractivity contribution in [1.29, 1.82) is 0 Å². The molecular formula is C10H12N2O6S. The molecule has 3 N–H and O–H groups in total. The molecule has 0 saturated heterocycles. The summed E-state index contributed by atoms with van der Waals surface area (Å²) in [5.41, 5.74) is -0.0759. The van der Waals surface area contributed by atoms with Gasteiger partial charge in [-0.3, -0.25) is 4.72 Å². The van der Waals surface area contributed by atoms with Gasteiger partial charge in [0.1, 0.15) is 0 Å². The number of aromatic carboxylic acids is 1. The van der Waals surface area contributed by atoms with Crippen LogP contribution in [0, 0.1) is 0 Å². The molecule has 8 nitrogen and oxygen atoms in total. The lowest BCUT2D eigenvalue weighted by Gasteiger charge is -2.09. The lowest BCUT2D eigenvalue weighted by molar-refractivity contribution is 0.0697. The van der Waals surface area contributed by atoms with Crippen LogP contribution in [0.1, 0.15) is 17.3 Å². The maximum absolute atomic E-state index is 11.5. The zero-order chi connectivity index (χ0) is 14.5. The van der Waals surface area contributed by atoms with E-state index in [1.807, 2.05) is 4.72 Å². The number of carbonyl (C=O) groups excluding carboxylic acids is 1. The predicted molar refractivity (Wildman–Crippen MR) is 66.1 cm³/mol. The van der Waals surface area contributed by atoms with Crippen molar-refractivity contribution in [2.75, 3.05) is 11.3 Å². The first-order chi connectivity index (χ1) is 8.84. The molecule has 0 bridgehead atoms. The molecule has 0 aromatic heterocycles. The van der Waals surface area contributed by atoms with Gasteiger partial charge in [0, 0.05) is 0 Å². The molecule has 0 unspecified atom stereocenters. The molecule has 19 heavy (non-hydrogen) atoms. The third-order valence-corrected chi connectivity index (χ3v) is 2.79. The summed E-state index contributed by atoms with van der Waals surface area (Å²) in [5.74, 6) is -1.20. The van der Waals surface area contributed by atoms with E-state index in [-0.39, 0.29) is 17.9 Å². The van der Waals surface area contributed by atoms with Crippen molar-refractivity contribution in [2.24, 2.45) is 0 Å². The molecule has 0 aliphatic rings. The van der Waals surface area contributed by atoms with Crippen molar-refractivity contribution in [3.8, 4) is 0 Å². The van der Waals surface area contributed by atoms with Crippen molar-refractivity contribution in [2.45, 2.75) is 6.92 Å². The smallest absolute Gasteiger partial charge is 0.422 e. The van der Waals surface area contributed by atoms with Crippen LogP contribution in [-0.4, -0.2) is 32.2 Å². The van der Waals surface area contributed by atoms with E-state index >= 15 is 0 Å². The SMILES string of the molecule is CCOC(=O)NS(=O)(=O)Nc1cccc(C(=O)O)c1. The number of carboxylic acids is 1. The third-order valence-electron chi connectivity index (χ3n) is 1.85. The van der Waals surface area contributed by atoms with Crippen LogP contribution >= 0.6 is 0 Å². The fourth-order valence-corrected chi connectivity index (χ4v) is 1.93. The number of ether oxygens (including phenoxy) is 1. The first-order valence-corrected chi connectivity index (χ1v) is 6.63. The number of hydrogen-bond acceptors (Lipinski definition) is 5. The Hall–Kier alpha value is -2.29.